The number of aryl methyl sites for hydroxylation is 1. The van der Waals surface area contributed by atoms with E-state index in [4.69, 9.17) is 4.74 Å². The first kappa shape index (κ1) is 14.5. The predicted molar refractivity (Wildman–Crippen MR) is 80.5 cm³/mol. The molecule has 0 amide bonds. The molecular weight excluding hydrogens is 234 g/mol. The molecule has 1 aromatic rings. The lowest BCUT2D eigenvalue weighted by molar-refractivity contribution is 0.0409. The van der Waals surface area contributed by atoms with Crippen LogP contribution in [0.1, 0.15) is 37.3 Å². The lowest BCUT2D eigenvalue weighted by Gasteiger charge is -2.21. The second-order valence-corrected chi connectivity index (χ2v) is 6.00. The van der Waals surface area contributed by atoms with Crippen molar-refractivity contribution in [2.24, 2.45) is 5.92 Å². The molecule has 2 heteroatoms. The van der Waals surface area contributed by atoms with Crippen LogP contribution in [-0.4, -0.2) is 25.8 Å². The average molecular weight is 261 g/mol. The Morgan fingerprint density at radius 1 is 1.26 bits per heavy atom. The van der Waals surface area contributed by atoms with Crippen LogP contribution < -0.4 is 5.32 Å². The average Bonchev–Trinajstić information content (AvgIpc) is 2.78. The van der Waals surface area contributed by atoms with Crippen molar-refractivity contribution in [3.05, 3.63) is 35.4 Å². The molecule has 1 aliphatic heterocycles. The molecule has 3 atom stereocenters. The van der Waals surface area contributed by atoms with Gasteiger partial charge in [0.2, 0.25) is 0 Å². The Labute approximate surface area is 117 Å². The summed E-state index contributed by atoms with van der Waals surface area (Å²) in [5.41, 5.74) is 2.78. The molecule has 106 valence electrons. The zero-order valence-electron chi connectivity index (χ0n) is 12.5. The van der Waals surface area contributed by atoms with Gasteiger partial charge >= 0.3 is 0 Å². The summed E-state index contributed by atoms with van der Waals surface area (Å²) in [6, 6.07) is 8.94. The molecule has 1 heterocycles. The first-order valence-corrected chi connectivity index (χ1v) is 7.53. The Morgan fingerprint density at radius 2 is 2.00 bits per heavy atom. The lowest BCUT2D eigenvalue weighted by Crippen LogP contribution is -2.25. The largest absolute Gasteiger partial charge is 0.375 e. The maximum absolute atomic E-state index is 5.97. The van der Waals surface area contributed by atoms with Gasteiger partial charge in [0.15, 0.2) is 0 Å². The van der Waals surface area contributed by atoms with Crippen molar-refractivity contribution in [2.75, 3.05) is 13.6 Å². The SMILES string of the molecule is CNCC(Cc1ccc(C)cc1)CC1CCC(C)O1. The zero-order chi connectivity index (χ0) is 13.7. The van der Waals surface area contributed by atoms with Crippen LogP contribution in [0.3, 0.4) is 0 Å². The van der Waals surface area contributed by atoms with Gasteiger partial charge in [0.1, 0.15) is 0 Å². The fourth-order valence-corrected chi connectivity index (χ4v) is 3.02. The predicted octanol–water partition coefficient (Wildman–Crippen LogP) is 3.33. The molecule has 1 aliphatic rings. The van der Waals surface area contributed by atoms with E-state index in [1.54, 1.807) is 0 Å². The van der Waals surface area contributed by atoms with Crippen LogP contribution in [0.2, 0.25) is 0 Å². The normalized spacial score (nSPS) is 24.6. The summed E-state index contributed by atoms with van der Waals surface area (Å²) in [5, 5.41) is 3.33. The number of nitrogens with one attached hydrogen (secondary N) is 1. The van der Waals surface area contributed by atoms with E-state index in [1.165, 1.54) is 30.4 Å². The first-order valence-electron chi connectivity index (χ1n) is 7.53. The van der Waals surface area contributed by atoms with E-state index in [0.29, 0.717) is 18.1 Å². The highest BCUT2D eigenvalue weighted by Crippen LogP contribution is 2.26. The highest BCUT2D eigenvalue weighted by molar-refractivity contribution is 5.21. The number of benzene rings is 1. The van der Waals surface area contributed by atoms with Crippen molar-refractivity contribution >= 4 is 0 Å². The van der Waals surface area contributed by atoms with Crippen LogP contribution >= 0.6 is 0 Å². The molecule has 0 bridgehead atoms. The summed E-state index contributed by atoms with van der Waals surface area (Å²) in [6.45, 7) is 5.40. The standard InChI is InChI=1S/C17H27NO/c1-13-4-7-15(8-5-13)10-16(12-18-3)11-17-9-6-14(2)19-17/h4-5,7-8,14,16-18H,6,9-12H2,1-3H3. The molecule has 0 aliphatic carbocycles. The fourth-order valence-electron chi connectivity index (χ4n) is 3.02. The van der Waals surface area contributed by atoms with Crippen LogP contribution in [0, 0.1) is 12.8 Å². The molecule has 3 unspecified atom stereocenters. The molecule has 1 saturated heterocycles. The summed E-state index contributed by atoms with van der Waals surface area (Å²) in [6.07, 6.45) is 5.71. The Hall–Kier alpha value is -0.860. The fraction of sp³-hybridized carbons (Fsp3) is 0.647. The topological polar surface area (TPSA) is 21.3 Å². The summed E-state index contributed by atoms with van der Waals surface area (Å²) in [4.78, 5) is 0. The number of hydrogen-bond donors (Lipinski definition) is 1. The van der Waals surface area contributed by atoms with Crippen molar-refractivity contribution < 1.29 is 4.74 Å². The van der Waals surface area contributed by atoms with Crippen LogP contribution in [0.4, 0.5) is 0 Å². The van der Waals surface area contributed by atoms with Gasteiger partial charge in [0.05, 0.1) is 12.2 Å². The Balaban J connectivity index is 1.90. The van der Waals surface area contributed by atoms with Gasteiger partial charge < -0.3 is 10.1 Å². The van der Waals surface area contributed by atoms with Crippen molar-refractivity contribution in [3.63, 3.8) is 0 Å². The number of ether oxygens (including phenoxy) is 1. The van der Waals surface area contributed by atoms with Gasteiger partial charge in [-0.1, -0.05) is 29.8 Å². The lowest BCUT2D eigenvalue weighted by atomic mass is 9.92. The van der Waals surface area contributed by atoms with Gasteiger partial charge in [-0.2, -0.15) is 0 Å². The van der Waals surface area contributed by atoms with Gasteiger partial charge in [-0.15, -0.1) is 0 Å². The van der Waals surface area contributed by atoms with E-state index in [9.17, 15) is 0 Å². The van der Waals surface area contributed by atoms with Crippen molar-refractivity contribution in [3.8, 4) is 0 Å². The first-order chi connectivity index (χ1) is 9.17. The summed E-state index contributed by atoms with van der Waals surface area (Å²) >= 11 is 0. The third-order valence-electron chi connectivity index (χ3n) is 4.05. The van der Waals surface area contributed by atoms with Crippen molar-refractivity contribution in [2.45, 2.75) is 51.7 Å². The molecular formula is C17H27NO. The summed E-state index contributed by atoms with van der Waals surface area (Å²) in [7, 11) is 2.04. The van der Waals surface area contributed by atoms with Crippen LogP contribution in [0.5, 0.6) is 0 Å². The summed E-state index contributed by atoms with van der Waals surface area (Å²) < 4.78 is 5.97. The molecule has 0 radical (unpaired) electrons. The van der Waals surface area contributed by atoms with Gasteiger partial charge in [-0.3, -0.25) is 0 Å². The Kier molecular flexibility index (Phi) is 5.41. The van der Waals surface area contributed by atoms with E-state index in [1.807, 2.05) is 7.05 Å². The van der Waals surface area contributed by atoms with E-state index in [-0.39, 0.29) is 0 Å². The zero-order valence-corrected chi connectivity index (χ0v) is 12.5. The minimum atomic E-state index is 0.458. The number of rotatable bonds is 6. The molecule has 2 nitrogen and oxygen atoms in total. The minimum absolute atomic E-state index is 0.458. The molecule has 0 saturated carbocycles. The third-order valence-corrected chi connectivity index (χ3v) is 4.05. The second-order valence-electron chi connectivity index (χ2n) is 6.00. The summed E-state index contributed by atoms with van der Waals surface area (Å²) in [5.74, 6) is 0.669. The quantitative estimate of drug-likeness (QED) is 0.848. The Bertz CT molecular complexity index is 373. The minimum Gasteiger partial charge on any atom is -0.375 e. The van der Waals surface area contributed by atoms with Crippen LogP contribution in [-0.2, 0) is 11.2 Å². The van der Waals surface area contributed by atoms with E-state index in [0.717, 1.165) is 13.0 Å². The maximum atomic E-state index is 5.97. The molecule has 19 heavy (non-hydrogen) atoms. The van der Waals surface area contributed by atoms with Gasteiger partial charge in [0, 0.05) is 0 Å². The molecule has 1 N–H and O–H groups in total. The van der Waals surface area contributed by atoms with Crippen LogP contribution in [0.25, 0.3) is 0 Å². The molecule has 1 fully saturated rings. The number of hydrogen-bond acceptors (Lipinski definition) is 2. The van der Waals surface area contributed by atoms with Gasteiger partial charge in [-0.25, -0.2) is 0 Å². The second kappa shape index (κ2) is 7.06. The van der Waals surface area contributed by atoms with Crippen molar-refractivity contribution in [1.82, 2.24) is 5.32 Å². The third kappa shape index (κ3) is 4.63. The van der Waals surface area contributed by atoms with Crippen molar-refractivity contribution in [1.29, 1.82) is 0 Å². The van der Waals surface area contributed by atoms with E-state index < -0.39 is 0 Å². The van der Waals surface area contributed by atoms with Gasteiger partial charge in [0.25, 0.3) is 0 Å². The van der Waals surface area contributed by atoms with Gasteiger partial charge in [-0.05, 0) is 64.6 Å². The van der Waals surface area contributed by atoms with E-state index >= 15 is 0 Å². The Morgan fingerprint density at radius 3 is 2.58 bits per heavy atom. The smallest absolute Gasteiger partial charge is 0.0583 e. The maximum Gasteiger partial charge on any atom is 0.0583 e. The molecule has 0 spiro atoms. The molecule has 1 aromatic carbocycles. The monoisotopic (exact) mass is 261 g/mol. The molecule has 0 aromatic heterocycles. The molecule has 2 rings (SSSR count). The van der Waals surface area contributed by atoms with Crippen LogP contribution in [0.15, 0.2) is 24.3 Å². The van der Waals surface area contributed by atoms with E-state index in [2.05, 4.69) is 43.4 Å². The highest BCUT2D eigenvalue weighted by Gasteiger charge is 2.24. The highest BCUT2D eigenvalue weighted by atomic mass is 16.5.